The highest BCUT2D eigenvalue weighted by molar-refractivity contribution is 5.90. The fourth-order valence-electron chi connectivity index (χ4n) is 3.05. The second-order valence-corrected chi connectivity index (χ2v) is 5.82. The molecule has 0 saturated carbocycles. The molecule has 1 aliphatic heterocycles. The first-order valence-corrected chi connectivity index (χ1v) is 7.38. The molecule has 3 rings (SSSR count). The summed E-state index contributed by atoms with van der Waals surface area (Å²) >= 11 is 0. The Kier molecular flexibility index (Phi) is 3.84. The number of halogens is 3. The normalized spacial score (nSPS) is 22.1. The van der Waals surface area contributed by atoms with E-state index in [1.807, 2.05) is 11.8 Å². The molecular weight excluding hydrogens is 305 g/mol. The van der Waals surface area contributed by atoms with Gasteiger partial charge in [-0.25, -0.2) is 9.97 Å². The Balaban J connectivity index is 2.05. The second kappa shape index (κ2) is 5.69. The lowest BCUT2D eigenvalue weighted by Crippen LogP contribution is -2.41. The third kappa shape index (κ3) is 2.93. The van der Waals surface area contributed by atoms with Crippen LogP contribution in [-0.4, -0.2) is 22.6 Å². The topological polar surface area (TPSA) is 52.8 Å². The van der Waals surface area contributed by atoms with Crippen LogP contribution in [0.5, 0.6) is 0 Å². The SMILES string of the molecule is C[C@H]1C[C@H](C#N)CCN1c1ncnc2ccc(C(F)(F)F)cc12. The van der Waals surface area contributed by atoms with E-state index in [4.69, 9.17) is 5.26 Å². The third-order valence-electron chi connectivity index (χ3n) is 4.27. The highest BCUT2D eigenvalue weighted by atomic mass is 19.4. The van der Waals surface area contributed by atoms with Crippen LogP contribution in [0.3, 0.4) is 0 Å². The molecule has 1 aromatic carbocycles. The number of piperidine rings is 1. The van der Waals surface area contributed by atoms with Crippen molar-refractivity contribution in [1.29, 1.82) is 5.26 Å². The minimum atomic E-state index is -4.40. The number of nitrogens with zero attached hydrogens (tertiary/aromatic N) is 4. The van der Waals surface area contributed by atoms with Gasteiger partial charge in [0.25, 0.3) is 0 Å². The van der Waals surface area contributed by atoms with E-state index in [9.17, 15) is 13.2 Å². The van der Waals surface area contributed by atoms with Gasteiger partial charge in [0.1, 0.15) is 12.1 Å². The Morgan fingerprint density at radius 3 is 2.74 bits per heavy atom. The number of alkyl halides is 3. The number of hydrogen-bond acceptors (Lipinski definition) is 4. The summed E-state index contributed by atoms with van der Waals surface area (Å²) in [6, 6.07) is 5.82. The Bertz CT molecular complexity index is 766. The largest absolute Gasteiger partial charge is 0.416 e. The number of fused-ring (bicyclic) bond motifs is 1. The molecule has 7 heteroatoms. The van der Waals surface area contributed by atoms with Gasteiger partial charge in [-0.2, -0.15) is 18.4 Å². The Hall–Kier alpha value is -2.36. The van der Waals surface area contributed by atoms with Crippen LogP contribution < -0.4 is 4.90 Å². The number of anilines is 1. The molecule has 0 unspecified atom stereocenters. The van der Waals surface area contributed by atoms with E-state index < -0.39 is 11.7 Å². The lowest BCUT2D eigenvalue weighted by molar-refractivity contribution is -0.137. The zero-order valence-corrected chi connectivity index (χ0v) is 12.5. The summed E-state index contributed by atoms with van der Waals surface area (Å²) in [4.78, 5) is 10.2. The molecule has 0 radical (unpaired) electrons. The first-order chi connectivity index (χ1) is 10.9. The molecule has 0 spiro atoms. The van der Waals surface area contributed by atoms with Crippen LogP contribution in [0, 0.1) is 17.2 Å². The van der Waals surface area contributed by atoms with Crippen molar-refractivity contribution in [3.63, 3.8) is 0 Å². The van der Waals surface area contributed by atoms with Gasteiger partial charge >= 0.3 is 6.18 Å². The van der Waals surface area contributed by atoms with Crippen molar-refractivity contribution in [2.45, 2.75) is 32.0 Å². The first kappa shape index (κ1) is 15.5. The van der Waals surface area contributed by atoms with E-state index in [-0.39, 0.29) is 12.0 Å². The smallest absolute Gasteiger partial charge is 0.353 e. The summed E-state index contributed by atoms with van der Waals surface area (Å²) in [5, 5.41) is 9.44. The fraction of sp³-hybridized carbons (Fsp3) is 0.438. The van der Waals surface area contributed by atoms with Gasteiger partial charge in [0.2, 0.25) is 0 Å². The summed E-state index contributed by atoms with van der Waals surface area (Å²) in [5.74, 6) is 0.491. The van der Waals surface area contributed by atoms with Gasteiger partial charge in [-0.1, -0.05) is 0 Å². The Morgan fingerprint density at radius 2 is 2.09 bits per heavy atom. The van der Waals surface area contributed by atoms with Crippen LogP contribution in [0.15, 0.2) is 24.5 Å². The van der Waals surface area contributed by atoms with Gasteiger partial charge in [-0.05, 0) is 38.0 Å². The maximum Gasteiger partial charge on any atom is 0.416 e. The van der Waals surface area contributed by atoms with Crippen molar-refractivity contribution in [3.05, 3.63) is 30.1 Å². The van der Waals surface area contributed by atoms with Crippen molar-refractivity contribution in [2.75, 3.05) is 11.4 Å². The van der Waals surface area contributed by atoms with Gasteiger partial charge in [-0.15, -0.1) is 0 Å². The molecule has 0 bridgehead atoms. The van der Waals surface area contributed by atoms with Gasteiger partial charge in [-0.3, -0.25) is 0 Å². The van der Waals surface area contributed by atoms with Crippen LogP contribution in [0.25, 0.3) is 10.9 Å². The van der Waals surface area contributed by atoms with Crippen LogP contribution in [-0.2, 0) is 6.18 Å². The molecular formula is C16H15F3N4. The van der Waals surface area contributed by atoms with Crippen molar-refractivity contribution < 1.29 is 13.2 Å². The highest BCUT2D eigenvalue weighted by Gasteiger charge is 2.32. The average molecular weight is 320 g/mol. The van der Waals surface area contributed by atoms with E-state index in [1.165, 1.54) is 12.4 Å². The van der Waals surface area contributed by atoms with Crippen molar-refractivity contribution in [2.24, 2.45) is 5.92 Å². The molecule has 0 amide bonds. The number of nitriles is 1. The average Bonchev–Trinajstić information content (AvgIpc) is 2.53. The highest BCUT2D eigenvalue weighted by Crippen LogP contribution is 2.35. The number of aromatic nitrogens is 2. The number of rotatable bonds is 1. The third-order valence-corrected chi connectivity index (χ3v) is 4.27. The summed E-state index contributed by atoms with van der Waals surface area (Å²) in [6.45, 7) is 2.56. The molecule has 2 heterocycles. The van der Waals surface area contributed by atoms with E-state index in [1.54, 1.807) is 0 Å². The number of hydrogen-bond donors (Lipinski definition) is 0. The minimum absolute atomic E-state index is 0.0138. The monoisotopic (exact) mass is 320 g/mol. The Labute approximate surface area is 131 Å². The molecule has 1 aromatic heterocycles. The fourth-order valence-corrected chi connectivity index (χ4v) is 3.05. The van der Waals surface area contributed by atoms with E-state index in [0.29, 0.717) is 36.1 Å². The number of benzene rings is 1. The summed E-state index contributed by atoms with van der Waals surface area (Å²) < 4.78 is 38.9. The molecule has 23 heavy (non-hydrogen) atoms. The van der Waals surface area contributed by atoms with Gasteiger partial charge in [0.05, 0.1) is 17.1 Å². The zero-order chi connectivity index (χ0) is 16.6. The quantitative estimate of drug-likeness (QED) is 0.802. The first-order valence-electron chi connectivity index (χ1n) is 7.38. The predicted molar refractivity (Wildman–Crippen MR) is 79.7 cm³/mol. The zero-order valence-electron chi connectivity index (χ0n) is 12.5. The van der Waals surface area contributed by atoms with Gasteiger partial charge in [0.15, 0.2) is 0 Å². The maximum absolute atomic E-state index is 13.0. The van der Waals surface area contributed by atoms with Gasteiger partial charge in [0, 0.05) is 23.9 Å². The summed E-state index contributed by atoms with van der Waals surface area (Å²) in [5.41, 5.74) is -0.224. The Morgan fingerprint density at radius 1 is 1.30 bits per heavy atom. The van der Waals surface area contributed by atoms with Crippen LogP contribution >= 0.6 is 0 Å². The van der Waals surface area contributed by atoms with Crippen molar-refractivity contribution in [3.8, 4) is 6.07 Å². The lowest BCUT2D eigenvalue weighted by Gasteiger charge is -2.36. The second-order valence-electron chi connectivity index (χ2n) is 5.82. The predicted octanol–water partition coefficient (Wildman–Crippen LogP) is 3.78. The van der Waals surface area contributed by atoms with E-state index in [2.05, 4.69) is 16.0 Å². The maximum atomic E-state index is 13.0. The molecule has 1 aliphatic rings. The standard InChI is InChI=1S/C16H15F3N4/c1-10-6-11(8-20)4-5-23(10)15-13-7-12(16(17,18)19)2-3-14(13)21-9-22-15/h2-3,7,9-11H,4-6H2,1H3/t10-,11+/m0/s1. The molecule has 1 fully saturated rings. The van der Waals surface area contributed by atoms with Crippen LogP contribution in [0.4, 0.5) is 19.0 Å². The molecule has 120 valence electrons. The van der Waals surface area contributed by atoms with E-state index in [0.717, 1.165) is 12.1 Å². The molecule has 4 nitrogen and oxygen atoms in total. The van der Waals surface area contributed by atoms with E-state index >= 15 is 0 Å². The molecule has 2 atom stereocenters. The summed E-state index contributed by atoms with van der Waals surface area (Å²) in [6.07, 6.45) is -1.67. The summed E-state index contributed by atoms with van der Waals surface area (Å²) in [7, 11) is 0. The van der Waals surface area contributed by atoms with Crippen LogP contribution in [0.1, 0.15) is 25.3 Å². The molecule has 1 saturated heterocycles. The lowest BCUT2D eigenvalue weighted by atomic mass is 9.92. The van der Waals surface area contributed by atoms with Crippen molar-refractivity contribution in [1.82, 2.24) is 9.97 Å². The molecule has 0 N–H and O–H groups in total. The molecule has 0 aliphatic carbocycles. The minimum Gasteiger partial charge on any atom is -0.353 e. The van der Waals surface area contributed by atoms with Crippen molar-refractivity contribution >= 4 is 16.7 Å². The van der Waals surface area contributed by atoms with Gasteiger partial charge < -0.3 is 4.90 Å². The molecule has 2 aromatic rings. The van der Waals surface area contributed by atoms with Crippen LogP contribution in [0.2, 0.25) is 0 Å².